The molecule has 1 atom stereocenters. The van der Waals surface area contributed by atoms with Gasteiger partial charge in [-0.1, -0.05) is 30.3 Å². The zero-order valence-electron chi connectivity index (χ0n) is 13.8. The third-order valence-electron chi connectivity index (χ3n) is 4.15. The summed E-state index contributed by atoms with van der Waals surface area (Å²) in [6.45, 7) is 2.97. The molecule has 3 rings (SSSR count). The van der Waals surface area contributed by atoms with E-state index in [9.17, 15) is 4.79 Å². The molecule has 1 N–H and O–H groups in total. The van der Waals surface area contributed by atoms with E-state index in [1.54, 1.807) is 12.5 Å². The van der Waals surface area contributed by atoms with E-state index in [-0.39, 0.29) is 11.9 Å². The summed E-state index contributed by atoms with van der Waals surface area (Å²) in [5.41, 5.74) is 1.09. The van der Waals surface area contributed by atoms with Gasteiger partial charge in [-0.25, -0.2) is 4.98 Å². The minimum Gasteiger partial charge on any atom is -0.347 e. The molecule has 1 unspecified atom stereocenters. The van der Waals surface area contributed by atoms with Crippen LogP contribution in [0.1, 0.15) is 30.9 Å². The number of nitrogens with zero attached hydrogens (tertiary/aromatic N) is 3. The summed E-state index contributed by atoms with van der Waals surface area (Å²) in [4.78, 5) is 22.0. The Kier molecular flexibility index (Phi) is 5.98. The monoisotopic (exact) mass is 328 g/mol. The van der Waals surface area contributed by atoms with Crippen molar-refractivity contribution in [1.29, 1.82) is 0 Å². The molecule has 1 aliphatic heterocycles. The van der Waals surface area contributed by atoms with Crippen molar-refractivity contribution in [2.45, 2.75) is 31.8 Å². The van der Waals surface area contributed by atoms with Gasteiger partial charge in [-0.05, 0) is 18.4 Å². The van der Waals surface area contributed by atoms with Crippen LogP contribution < -0.4 is 5.32 Å². The molecule has 0 spiro atoms. The zero-order valence-corrected chi connectivity index (χ0v) is 13.8. The van der Waals surface area contributed by atoms with Crippen LogP contribution >= 0.6 is 0 Å². The van der Waals surface area contributed by atoms with Crippen molar-refractivity contribution in [3.05, 3.63) is 54.6 Å². The molecule has 1 aromatic carbocycles. The number of hydrogen-bond acceptors (Lipinski definition) is 4. The molecular weight excluding hydrogens is 304 g/mol. The lowest BCUT2D eigenvalue weighted by Crippen LogP contribution is -2.36. The quantitative estimate of drug-likeness (QED) is 0.846. The van der Waals surface area contributed by atoms with Crippen LogP contribution in [-0.2, 0) is 16.2 Å². The van der Waals surface area contributed by atoms with E-state index in [0.29, 0.717) is 19.5 Å². The van der Waals surface area contributed by atoms with Gasteiger partial charge in [0.2, 0.25) is 5.91 Å². The largest absolute Gasteiger partial charge is 0.347 e. The standard InChI is InChI=1S/C18H24N4O2/c23-18(8-11-22-10-4-5-13-24-22)20-17(14-21-12-9-19-15-21)16-6-2-1-3-7-16/h1-3,6-7,9,12,15,17H,4-5,8,10-11,13-14H2,(H,20,23). The lowest BCUT2D eigenvalue weighted by molar-refractivity contribution is -0.181. The van der Waals surface area contributed by atoms with E-state index in [4.69, 9.17) is 4.84 Å². The number of carbonyl (C=O) groups is 1. The Labute approximate surface area is 142 Å². The molecule has 128 valence electrons. The predicted molar refractivity (Wildman–Crippen MR) is 90.9 cm³/mol. The van der Waals surface area contributed by atoms with Crippen molar-refractivity contribution in [2.24, 2.45) is 0 Å². The number of amides is 1. The highest BCUT2D eigenvalue weighted by Crippen LogP contribution is 2.15. The average molecular weight is 328 g/mol. The fraction of sp³-hybridized carbons (Fsp3) is 0.444. The second kappa shape index (κ2) is 8.61. The van der Waals surface area contributed by atoms with Gasteiger partial charge in [-0.15, -0.1) is 0 Å². The number of hydrogen-bond donors (Lipinski definition) is 1. The molecular formula is C18H24N4O2. The molecule has 1 fully saturated rings. The normalized spacial score (nSPS) is 16.7. The third-order valence-corrected chi connectivity index (χ3v) is 4.15. The number of hydroxylamine groups is 2. The number of carbonyl (C=O) groups excluding carboxylic acids is 1. The summed E-state index contributed by atoms with van der Waals surface area (Å²) >= 11 is 0. The zero-order chi connectivity index (χ0) is 16.6. The number of nitrogens with one attached hydrogen (secondary N) is 1. The van der Waals surface area contributed by atoms with E-state index >= 15 is 0 Å². The molecule has 1 aromatic heterocycles. The van der Waals surface area contributed by atoms with Crippen LogP contribution in [0, 0.1) is 0 Å². The number of aromatic nitrogens is 2. The minimum atomic E-state index is -0.0739. The topological polar surface area (TPSA) is 59.4 Å². The van der Waals surface area contributed by atoms with Gasteiger partial charge in [0.15, 0.2) is 0 Å². The van der Waals surface area contributed by atoms with Crippen LogP contribution in [0.15, 0.2) is 49.1 Å². The maximum Gasteiger partial charge on any atom is 0.221 e. The van der Waals surface area contributed by atoms with Crippen LogP contribution in [0.25, 0.3) is 0 Å². The highest BCUT2D eigenvalue weighted by molar-refractivity contribution is 5.76. The maximum atomic E-state index is 12.4. The first kappa shape index (κ1) is 16.7. The van der Waals surface area contributed by atoms with Gasteiger partial charge < -0.3 is 9.88 Å². The van der Waals surface area contributed by atoms with Crippen molar-refractivity contribution in [1.82, 2.24) is 19.9 Å². The second-order valence-corrected chi connectivity index (χ2v) is 6.01. The fourth-order valence-corrected chi connectivity index (χ4v) is 2.84. The van der Waals surface area contributed by atoms with Crippen LogP contribution in [0.4, 0.5) is 0 Å². The average Bonchev–Trinajstić information content (AvgIpc) is 3.14. The number of rotatable bonds is 7. The molecule has 0 radical (unpaired) electrons. The molecule has 1 amide bonds. The molecule has 0 saturated carbocycles. The van der Waals surface area contributed by atoms with Crippen molar-refractivity contribution in [2.75, 3.05) is 19.7 Å². The first-order chi connectivity index (χ1) is 11.8. The van der Waals surface area contributed by atoms with E-state index < -0.39 is 0 Å². The van der Waals surface area contributed by atoms with Gasteiger partial charge >= 0.3 is 0 Å². The van der Waals surface area contributed by atoms with Crippen molar-refractivity contribution in [3.63, 3.8) is 0 Å². The van der Waals surface area contributed by atoms with Crippen molar-refractivity contribution in [3.8, 4) is 0 Å². The molecule has 24 heavy (non-hydrogen) atoms. The second-order valence-electron chi connectivity index (χ2n) is 6.01. The third kappa shape index (κ3) is 4.91. The lowest BCUT2D eigenvalue weighted by Gasteiger charge is -2.26. The van der Waals surface area contributed by atoms with E-state index in [2.05, 4.69) is 10.3 Å². The Morgan fingerprint density at radius 3 is 2.88 bits per heavy atom. The van der Waals surface area contributed by atoms with E-state index in [0.717, 1.165) is 31.6 Å². The van der Waals surface area contributed by atoms with Gasteiger partial charge in [-0.3, -0.25) is 9.63 Å². The van der Waals surface area contributed by atoms with Crippen molar-refractivity contribution >= 4 is 5.91 Å². The van der Waals surface area contributed by atoms with Crippen LogP contribution in [0.2, 0.25) is 0 Å². The van der Waals surface area contributed by atoms with Crippen molar-refractivity contribution < 1.29 is 9.63 Å². The Morgan fingerprint density at radius 2 is 2.17 bits per heavy atom. The van der Waals surface area contributed by atoms with E-state index in [1.807, 2.05) is 46.2 Å². The Morgan fingerprint density at radius 1 is 1.29 bits per heavy atom. The van der Waals surface area contributed by atoms with Crippen LogP contribution in [-0.4, -0.2) is 40.2 Å². The SMILES string of the molecule is O=C(CCN1CCCCO1)NC(Cn1ccnc1)c1ccccc1. The van der Waals surface area contributed by atoms with E-state index in [1.165, 1.54) is 0 Å². The highest BCUT2D eigenvalue weighted by atomic mass is 16.7. The minimum absolute atomic E-state index is 0.0399. The molecule has 0 bridgehead atoms. The highest BCUT2D eigenvalue weighted by Gasteiger charge is 2.17. The Balaban J connectivity index is 1.57. The Hall–Kier alpha value is -2.18. The molecule has 2 heterocycles. The van der Waals surface area contributed by atoms with Gasteiger partial charge in [0.1, 0.15) is 0 Å². The van der Waals surface area contributed by atoms with Crippen LogP contribution in [0.5, 0.6) is 0 Å². The molecule has 6 heteroatoms. The Bertz CT molecular complexity index is 609. The fourth-order valence-electron chi connectivity index (χ4n) is 2.84. The smallest absolute Gasteiger partial charge is 0.221 e. The molecule has 2 aromatic rings. The number of imidazole rings is 1. The molecule has 1 aliphatic rings. The number of benzene rings is 1. The summed E-state index contributed by atoms with van der Waals surface area (Å²) < 4.78 is 1.98. The first-order valence-corrected chi connectivity index (χ1v) is 8.49. The lowest BCUT2D eigenvalue weighted by atomic mass is 10.1. The van der Waals surface area contributed by atoms with Gasteiger partial charge in [0.05, 0.1) is 19.0 Å². The molecule has 6 nitrogen and oxygen atoms in total. The summed E-state index contributed by atoms with van der Waals surface area (Å²) in [6.07, 6.45) is 8.09. The molecule has 1 saturated heterocycles. The summed E-state index contributed by atoms with van der Waals surface area (Å²) in [7, 11) is 0. The van der Waals surface area contributed by atoms with Gasteiger partial charge in [-0.2, -0.15) is 5.06 Å². The van der Waals surface area contributed by atoms with Crippen LogP contribution in [0.3, 0.4) is 0 Å². The van der Waals surface area contributed by atoms with Gasteiger partial charge in [0, 0.05) is 38.4 Å². The molecule has 0 aliphatic carbocycles. The first-order valence-electron chi connectivity index (χ1n) is 8.49. The summed E-state index contributed by atoms with van der Waals surface area (Å²) in [5, 5.41) is 5.04. The van der Waals surface area contributed by atoms with Gasteiger partial charge in [0.25, 0.3) is 0 Å². The summed E-state index contributed by atoms with van der Waals surface area (Å²) in [6, 6.07) is 9.96. The predicted octanol–water partition coefficient (Wildman–Crippen LogP) is 2.16. The maximum absolute atomic E-state index is 12.4. The summed E-state index contributed by atoms with van der Waals surface area (Å²) in [5.74, 6) is 0.0399.